The zero-order chi connectivity index (χ0) is 12.1. The molecule has 1 rings (SSSR count). The fourth-order valence-corrected chi connectivity index (χ4v) is 1.55. The van der Waals surface area contributed by atoms with Crippen LogP contribution >= 0.6 is 22.6 Å². The van der Waals surface area contributed by atoms with E-state index in [9.17, 15) is 9.18 Å². The van der Waals surface area contributed by atoms with Gasteiger partial charge in [-0.1, -0.05) is 0 Å². The lowest BCUT2D eigenvalue weighted by atomic mass is 10.2. The minimum Gasteiger partial charge on any atom is -0.396 e. The van der Waals surface area contributed by atoms with Gasteiger partial charge >= 0.3 is 0 Å². The van der Waals surface area contributed by atoms with Crippen molar-refractivity contribution in [1.82, 2.24) is 5.32 Å². The Morgan fingerprint density at radius 1 is 1.62 bits per heavy atom. The Kier molecular flexibility index (Phi) is 5.14. The van der Waals surface area contributed by atoms with Gasteiger partial charge in [-0.3, -0.25) is 4.79 Å². The van der Waals surface area contributed by atoms with Crippen molar-refractivity contribution in [3.05, 3.63) is 33.1 Å². The van der Waals surface area contributed by atoms with Gasteiger partial charge in [0.2, 0.25) is 0 Å². The maximum absolute atomic E-state index is 13.2. The maximum atomic E-state index is 13.2. The van der Waals surface area contributed by atoms with Gasteiger partial charge in [0, 0.05) is 21.8 Å². The molecule has 16 heavy (non-hydrogen) atoms. The summed E-state index contributed by atoms with van der Waals surface area (Å²) in [5.74, 6) is -0.723. The summed E-state index contributed by atoms with van der Waals surface area (Å²) >= 11 is 1.86. The van der Waals surface area contributed by atoms with Crippen molar-refractivity contribution >= 4 is 28.5 Å². The quantitative estimate of drug-likeness (QED) is 0.825. The molecule has 0 saturated heterocycles. The highest BCUT2D eigenvalue weighted by Crippen LogP contribution is 2.12. The van der Waals surface area contributed by atoms with E-state index in [1.807, 2.05) is 22.6 Å². The van der Waals surface area contributed by atoms with E-state index < -0.39 is 5.82 Å². The molecule has 5 heteroatoms. The summed E-state index contributed by atoms with van der Waals surface area (Å²) in [6.07, 6.45) is 0.485. The lowest BCUT2D eigenvalue weighted by Crippen LogP contribution is -2.33. The number of carbonyl (C=O) groups is 1. The highest BCUT2D eigenvalue weighted by molar-refractivity contribution is 14.1. The zero-order valence-electron chi connectivity index (χ0n) is 8.84. The van der Waals surface area contributed by atoms with E-state index in [1.54, 1.807) is 19.1 Å². The monoisotopic (exact) mass is 337 g/mol. The SMILES string of the molecule is CC(CCO)NC(=O)c1ccc(I)c(F)c1. The summed E-state index contributed by atoms with van der Waals surface area (Å²) in [5, 5.41) is 11.4. The molecule has 0 heterocycles. The van der Waals surface area contributed by atoms with Crippen LogP contribution < -0.4 is 5.32 Å². The zero-order valence-corrected chi connectivity index (χ0v) is 11.0. The van der Waals surface area contributed by atoms with Crippen LogP contribution in [0.1, 0.15) is 23.7 Å². The number of carbonyl (C=O) groups excluding carboxylic acids is 1. The lowest BCUT2D eigenvalue weighted by molar-refractivity contribution is 0.0934. The van der Waals surface area contributed by atoms with E-state index in [0.29, 0.717) is 15.6 Å². The van der Waals surface area contributed by atoms with Crippen LogP contribution in [0.3, 0.4) is 0 Å². The standard InChI is InChI=1S/C11H13FINO2/c1-7(4-5-15)14-11(16)8-2-3-10(13)9(12)6-8/h2-3,6-7,15H,4-5H2,1H3,(H,14,16). The van der Waals surface area contributed by atoms with Crippen LogP contribution in [0.4, 0.5) is 4.39 Å². The van der Waals surface area contributed by atoms with E-state index in [1.165, 1.54) is 6.07 Å². The fraction of sp³-hybridized carbons (Fsp3) is 0.364. The van der Waals surface area contributed by atoms with E-state index in [2.05, 4.69) is 5.32 Å². The largest absolute Gasteiger partial charge is 0.396 e. The first-order chi connectivity index (χ1) is 7.54. The smallest absolute Gasteiger partial charge is 0.251 e. The van der Waals surface area contributed by atoms with Gasteiger partial charge in [-0.15, -0.1) is 0 Å². The number of aliphatic hydroxyl groups excluding tert-OH is 1. The molecule has 0 bridgehead atoms. The second-order valence-corrected chi connectivity index (χ2v) is 4.68. The Balaban J connectivity index is 2.69. The second kappa shape index (κ2) is 6.15. The van der Waals surface area contributed by atoms with Crippen molar-refractivity contribution in [2.75, 3.05) is 6.61 Å². The molecule has 0 aliphatic carbocycles. The molecule has 1 unspecified atom stereocenters. The summed E-state index contributed by atoms with van der Waals surface area (Å²) in [6.45, 7) is 1.81. The highest BCUT2D eigenvalue weighted by Gasteiger charge is 2.11. The normalized spacial score (nSPS) is 12.2. The minimum absolute atomic E-state index is 0.0164. The molecular weight excluding hydrogens is 324 g/mol. The van der Waals surface area contributed by atoms with Gasteiger partial charge in [-0.2, -0.15) is 0 Å². The van der Waals surface area contributed by atoms with E-state index in [0.717, 1.165) is 0 Å². The molecular formula is C11H13FINO2. The number of benzene rings is 1. The number of aliphatic hydroxyl groups is 1. The summed E-state index contributed by atoms with van der Waals surface area (Å²) in [6, 6.07) is 4.22. The number of amides is 1. The molecule has 0 radical (unpaired) electrons. The van der Waals surface area contributed by atoms with Gasteiger partial charge in [0.1, 0.15) is 5.82 Å². The summed E-state index contributed by atoms with van der Waals surface area (Å²) in [4.78, 5) is 11.6. The van der Waals surface area contributed by atoms with Gasteiger partial charge in [0.25, 0.3) is 5.91 Å². The molecule has 0 aromatic heterocycles. The Hall–Kier alpha value is -0.690. The Morgan fingerprint density at radius 3 is 2.88 bits per heavy atom. The molecule has 1 atom stereocenters. The molecule has 0 aliphatic heterocycles. The van der Waals surface area contributed by atoms with Gasteiger partial charge in [0.05, 0.1) is 0 Å². The van der Waals surface area contributed by atoms with Gasteiger partial charge in [-0.25, -0.2) is 4.39 Å². The van der Waals surface area contributed by atoms with E-state index >= 15 is 0 Å². The van der Waals surface area contributed by atoms with Crippen molar-refractivity contribution in [3.63, 3.8) is 0 Å². The van der Waals surface area contributed by atoms with E-state index in [4.69, 9.17) is 5.11 Å². The van der Waals surface area contributed by atoms with E-state index in [-0.39, 0.29) is 18.6 Å². The molecule has 1 aromatic rings. The number of halogens is 2. The molecule has 0 spiro atoms. The molecule has 1 amide bonds. The van der Waals surface area contributed by atoms with Crippen LogP contribution in [0.2, 0.25) is 0 Å². The second-order valence-electron chi connectivity index (χ2n) is 3.52. The third-order valence-corrected chi connectivity index (χ3v) is 3.00. The molecule has 0 aliphatic rings. The molecule has 0 saturated carbocycles. The minimum atomic E-state index is -0.400. The van der Waals surface area contributed by atoms with Gasteiger partial charge < -0.3 is 10.4 Å². The first-order valence-electron chi connectivity index (χ1n) is 4.91. The number of hydrogen-bond donors (Lipinski definition) is 2. The van der Waals surface area contributed by atoms with Crippen LogP contribution in [0.15, 0.2) is 18.2 Å². The van der Waals surface area contributed by atoms with Crippen LogP contribution in [-0.2, 0) is 0 Å². The Morgan fingerprint density at radius 2 is 2.31 bits per heavy atom. The Labute approximate surface area is 107 Å². The predicted octanol–water partition coefficient (Wildman–Crippen LogP) is 1.93. The number of hydrogen-bond acceptors (Lipinski definition) is 2. The first-order valence-corrected chi connectivity index (χ1v) is 5.99. The van der Waals surface area contributed by atoms with Crippen LogP contribution in [0.5, 0.6) is 0 Å². The molecule has 88 valence electrons. The number of nitrogens with one attached hydrogen (secondary N) is 1. The summed E-state index contributed by atoms with van der Waals surface area (Å²) in [5.41, 5.74) is 0.294. The van der Waals surface area contributed by atoms with Crippen LogP contribution in [0, 0.1) is 9.39 Å². The average Bonchev–Trinajstić information content (AvgIpc) is 2.22. The van der Waals surface area contributed by atoms with Gasteiger partial charge in [0.15, 0.2) is 0 Å². The van der Waals surface area contributed by atoms with Crippen molar-refractivity contribution < 1.29 is 14.3 Å². The number of rotatable bonds is 4. The van der Waals surface area contributed by atoms with Crippen molar-refractivity contribution in [1.29, 1.82) is 0 Å². The first kappa shape index (κ1) is 13.4. The predicted molar refractivity (Wildman–Crippen MR) is 67.7 cm³/mol. The molecule has 0 fully saturated rings. The highest BCUT2D eigenvalue weighted by atomic mass is 127. The average molecular weight is 337 g/mol. The molecule has 2 N–H and O–H groups in total. The summed E-state index contributed by atoms with van der Waals surface area (Å²) in [7, 11) is 0. The lowest BCUT2D eigenvalue weighted by Gasteiger charge is -2.12. The maximum Gasteiger partial charge on any atom is 0.251 e. The molecule has 3 nitrogen and oxygen atoms in total. The van der Waals surface area contributed by atoms with Crippen molar-refractivity contribution in [2.45, 2.75) is 19.4 Å². The topological polar surface area (TPSA) is 49.3 Å². The van der Waals surface area contributed by atoms with Crippen molar-refractivity contribution in [2.24, 2.45) is 0 Å². The molecule has 1 aromatic carbocycles. The Bertz CT molecular complexity index is 384. The van der Waals surface area contributed by atoms with Gasteiger partial charge in [-0.05, 0) is 54.1 Å². The van der Waals surface area contributed by atoms with Crippen LogP contribution in [0.25, 0.3) is 0 Å². The summed E-state index contributed by atoms with van der Waals surface area (Å²) < 4.78 is 13.7. The third kappa shape index (κ3) is 3.71. The third-order valence-electron chi connectivity index (χ3n) is 2.12. The fourth-order valence-electron chi connectivity index (χ4n) is 1.21. The van der Waals surface area contributed by atoms with Crippen molar-refractivity contribution in [3.8, 4) is 0 Å². The van der Waals surface area contributed by atoms with Crippen LogP contribution in [-0.4, -0.2) is 23.7 Å².